The molecule has 1 aromatic rings. The lowest BCUT2D eigenvalue weighted by Gasteiger charge is -2.01. The van der Waals surface area contributed by atoms with Gasteiger partial charge in [-0.25, -0.2) is 0 Å². The number of aliphatic hydroxyl groups is 2. The molecule has 0 saturated carbocycles. The normalized spacial score (nSPS) is 10.6. The largest absolute Gasteiger partial charge is 0.396 e. The molecular formula is C10H17NO2. The maximum absolute atomic E-state index is 8.81. The highest BCUT2D eigenvalue weighted by atomic mass is 16.3. The summed E-state index contributed by atoms with van der Waals surface area (Å²) in [5.74, 6) is 0. The van der Waals surface area contributed by atoms with Crippen molar-refractivity contribution in [2.75, 3.05) is 6.61 Å². The number of aliphatic hydroxyl groups excluding tert-OH is 2. The van der Waals surface area contributed by atoms with E-state index < -0.39 is 0 Å². The molecule has 0 aromatic carbocycles. The molecule has 0 amide bonds. The standard InChI is InChI=1S/C10H17NO2/c12-7-3-1-2-5-11-6-4-10(8-11)9-13/h4,6,8,12-13H,1-3,5,7,9H2. The number of aryl methyl sites for hydroxylation is 1. The molecule has 74 valence electrons. The molecule has 0 bridgehead atoms. The molecule has 3 heteroatoms. The maximum atomic E-state index is 8.81. The maximum Gasteiger partial charge on any atom is 0.0696 e. The molecule has 0 fully saturated rings. The Labute approximate surface area is 78.6 Å². The van der Waals surface area contributed by atoms with E-state index >= 15 is 0 Å². The Kier molecular flexibility index (Phi) is 4.57. The molecule has 0 aliphatic rings. The highest BCUT2D eigenvalue weighted by molar-refractivity contribution is 5.08. The number of hydrogen-bond donors (Lipinski definition) is 2. The number of nitrogens with zero attached hydrogens (tertiary/aromatic N) is 1. The highest BCUT2D eigenvalue weighted by Gasteiger charge is 1.94. The average molecular weight is 183 g/mol. The Morgan fingerprint density at radius 1 is 1.15 bits per heavy atom. The van der Waals surface area contributed by atoms with Gasteiger partial charge in [-0.15, -0.1) is 0 Å². The molecule has 0 aliphatic carbocycles. The predicted octanol–water partition coefficient (Wildman–Crippen LogP) is 1.14. The SMILES string of the molecule is OCCCCCn1ccc(CO)c1. The van der Waals surface area contributed by atoms with E-state index in [2.05, 4.69) is 4.57 Å². The van der Waals surface area contributed by atoms with E-state index in [0.717, 1.165) is 31.4 Å². The number of rotatable bonds is 6. The second-order valence-electron chi connectivity index (χ2n) is 3.20. The third kappa shape index (κ3) is 3.61. The van der Waals surface area contributed by atoms with Crippen LogP contribution in [0.25, 0.3) is 0 Å². The van der Waals surface area contributed by atoms with Gasteiger partial charge in [-0.2, -0.15) is 0 Å². The Morgan fingerprint density at radius 2 is 2.00 bits per heavy atom. The van der Waals surface area contributed by atoms with Crippen molar-refractivity contribution < 1.29 is 10.2 Å². The molecule has 0 saturated heterocycles. The average Bonchev–Trinajstić information content (AvgIpc) is 2.60. The van der Waals surface area contributed by atoms with Crippen LogP contribution in [0.3, 0.4) is 0 Å². The fourth-order valence-corrected chi connectivity index (χ4v) is 1.31. The molecule has 3 nitrogen and oxygen atoms in total. The lowest BCUT2D eigenvalue weighted by atomic mass is 10.2. The van der Waals surface area contributed by atoms with Crippen LogP contribution in [0.4, 0.5) is 0 Å². The summed E-state index contributed by atoms with van der Waals surface area (Å²) in [6.45, 7) is 1.37. The van der Waals surface area contributed by atoms with E-state index in [1.165, 1.54) is 0 Å². The minimum Gasteiger partial charge on any atom is -0.396 e. The van der Waals surface area contributed by atoms with Gasteiger partial charge < -0.3 is 14.8 Å². The van der Waals surface area contributed by atoms with Crippen LogP contribution < -0.4 is 0 Å². The van der Waals surface area contributed by atoms with Gasteiger partial charge >= 0.3 is 0 Å². The van der Waals surface area contributed by atoms with Crippen molar-refractivity contribution in [1.29, 1.82) is 0 Å². The van der Waals surface area contributed by atoms with Gasteiger partial charge in [-0.05, 0) is 30.9 Å². The number of unbranched alkanes of at least 4 members (excludes halogenated alkanes) is 2. The molecule has 0 aliphatic heterocycles. The highest BCUT2D eigenvalue weighted by Crippen LogP contribution is 2.03. The van der Waals surface area contributed by atoms with Crippen LogP contribution in [0.1, 0.15) is 24.8 Å². The second-order valence-corrected chi connectivity index (χ2v) is 3.20. The molecule has 0 spiro atoms. The first-order chi connectivity index (χ1) is 6.36. The smallest absolute Gasteiger partial charge is 0.0696 e. The summed E-state index contributed by atoms with van der Waals surface area (Å²) in [4.78, 5) is 0. The molecule has 0 unspecified atom stereocenters. The Bertz CT molecular complexity index is 233. The van der Waals surface area contributed by atoms with Crippen LogP contribution in [0, 0.1) is 0 Å². The summed E-state index contributed by atoms with van der Waals surface area (Å²) in [6.07, 6.45) is 6.96. The quantitative estimate of drug-likeness (QED) is 0.650. The first kappa shape index (κ1) is 10.3. The van der Waals surface area contributed by atoms with Crippen LogP contribution in [-0.2, 0) is 13.2 Å². The molecular weight excluding hydrogens is 166 g/mol. The fourth-order valence-electron chi connectivity index (χ4n) is 1.31. The zero-order valence-electron chi connectivity index (χ0n) is 7.82. The summed E-state index contributed by atoms with van der Waals surface area (Å²) in [6, 6.07) is 1.92. The lowest BCUT2D eigenvalue weighted by Crippen LogP contribution is -1.95. The van der Waals surface area contributed by atoms with Crippen molar-refractivity contribution in [3.63, 3.8) is 0 Å². The number of aromatic nitrogens is 1. The predicted molar refractivity (Wildman–Crippen MR) is 51.3 cm³/mol. The van der Waals surface area contributed by atoms with Crippen molar-refractivity contribution in [3.8, 4) is 0 Å². The van der Waals surface area contributed by atoms with Gasteiger partial charge in [0.1, 0.15) is 0 Å². The van der Waals surface area contributed by atoms with Gasteiger partial charge in [0, 0.05) is 25.5 Å². The van der Waals surface area contributed by atoms with Gasteiger partial charge in [-0.1, -0.05) is 0 Å². The van der Waals surface area contributed by atoms with E-state index in [0.29, 0.717) is 0 Å². The first-order valence-electron chi connectivity index (χ1n) is 4.73. The van der Waals surface area contributed by atoms with E-state index in [9.17, 15) is 0 Å². The Hall–Kier alpha value is -0.800. The van der Waals surface area contributed by atoms with Crippen molar-refractivity contribution in [2.24, 2.45) is 0 Å². The first-order valence-corrected chi connectivity index (χ1v) is 4.73. The molecule has 0 atom stereocenters. The molecule has 2 N–H and O–H groups in total. The van der Waals surface area contributed by atoms with Gasteiger partial charge in [0.05, 0.1) is 6.61 Å². The summed E-state index contributed by atoms with van der Waals surface area (Å²) in [5.41, 5.74) is 0.960. The van der Waals surface area contributed by atoms with Gasteiger partial charge in [0.15, 0.2) is 0 Å². The van der Waals surface area contributed by atoms with Crippen LogP contribution in [0.2, 0.25) is 0 Å². The summed E-state index contributed by atoms with van der Waals surface area (Å²) in [7, 11) is 0. The number of hydrogen-bond acceptors (Lipinski definition) is 2. The Balaban J connectivity index is 2.20. The molecule has 1 rings (SSSR count). The third-order valence-electron chi connectivity index (χ3n) is 2.07. The van der Waals surface area contributed by atoms with Crippen LogP contribution in [0.5, 0.6) is 0 Å². The van der Waals surface area contributed by atoms with Crippen molar-refractivity contribution in [1.82, 2.24) is 4.57 Å². The molecule has 1 heterocycles. The van der Waals surface area contributed by atoms with Crippen molar-refractivity contribution in [3.05, 3.63) is 24.0 Å². The zero-order chi connectivity index (χ0) is 9.52. The van der Waals surface area contributed by atoms with Crippen LogP contribution in [-0.4, -0.2) is 21.4 Å². The van der Waals surface area contributed by atoms with Crippen molar-refractivity contribution in [2.45, 2.75) is 32.4 Å². The van der Waals surface area contributed by atoms with E-state index in [1.54, 1.807) is 0 Å². The monoisotopic (exact) mass is 183 g/mol. The molecule has 1 aromatic heterocycles. The molecule has 0 radical (unpaired) electrons. The van der Waals surface area contributed by atoms with Crippen molar-refractivity contribution >= 4 is 0 Å². The zero-order valence-corrected chi connectivity index (χ0v) is 7.82. The lowest BCUT2D eigenvalue weighted by molar-refractivity contribution is 0.280. The van der Waals surface area contributed by atoms with Gasteiger partial charge in [-0.3, -0.25) is 0 Å². The topological polar surface area (TPSA) is 45.4 Å². The summed E-state index contributed by atoms with van der Waals surface area (Å²) in [5, 5.41) is 17.4. The second kappa shape index (κ2) is 5.78. The van der Waals surface area contributed by atoms with E-state index in [4.69, 9.17) is 10.2 Å². The van der Waals surface area contributed by atoms with E-state index in [-0.39, 0.29) is 13.2 Å². The van der Waals surface area contributed by atoms with Crippen LogP contribution >= 0.6 is 0 Å². The molecule has 13 heavy (non-hydrogen) atoms. The third-order valence-corrected chi connectivity index (χ3v) is 2.07. The Morgan fingerprint density at radius 3 is 2.62 bits per heavy atom. The van der Waals surface area contributed by atoms with E-state index in [1.807, 2.05) is 18.5 Å². The minimum absolute atomic E-state index is 0.115. The summed E-state index contributed by atoms with van der Waals surface area (Å²) >= 11 is 0. The van der Waals surface area contributed by atoms with Crippen LogP contribution in [0.15, 0.2) is 18.5 Å². The minimum atomic E-state index is 0.115. The van der Waals surface area contributed by atoms with Gasteiger partial charge in [0.25, 0.3) is 0 Å². The fraction of sp³-hybridized carbons (Fsp3) is 0.600. The summed E-state index contributed by atoms with van der Waals surface area (Å²) < 4.78 is 2.07. The van der Waals surface area contributed by atoms with Gasteiger partial charge in [0.2, 0.25) is 0 Å².